The number of amides is 1. The van der Waals surface area contributed by atoms with E-state index < -0.39 is 11.7 Å². The summed E-state index contributed by atoms with van der Waals surface area (Å²) in [5, 5.41) is 2.93. The van der Waals surface area contributed by atoms with E-state index in [0.717, 1.165) is 17.2 Å². The Balaban J connectivity index is 1.53. The van der Waals surface area contributed by atoms with E-state index in [1.54, 1.807) is 12.4 Å². The maximum Gasteiger partial charge on any atom is 0.254 e. The number of rotatable bonds is 6. The van der Waals surface area contributed by atoms with Gasteiger partial charge >= 0.3 is 0 Å². The molecule has 3 rings (SSSR count). The van der Waals surface area contributed by atoms with Crippen molar-refractivity contribution >= 4 is 17.5 Å². The number of nitrogens with one attached hydrogen (secondary N) is 1. The van der Waals surface area contributed by atoms with E-state index in [9.17, 15) is 9.18 Å². The van der Waals surface area contributed by atoms with E-state index in [2.05, 4.69) is 10.3 Å². The Morgan fingerprint density at radius 3 is 2.62 bits per heavy atom. The summed E-state index contributed by atoms with van der Waals surface area (Å²) in [6.45, 7) is 0.712. The molecule has 0 fully saturated rings. The van der Waals surface area contributed by atoms with Gasteiger partial charge in [-0.15, -0.1) is 0 Å². The van der Waals surface area contributed by atoms with Crippen molar-refractivity contribution in [2.75, 3.05) is 0 Å². The maximum atomic E-state index is 13.7. The predicted molar refractivity (Wildman–Crippen MR) is 97.6 cm³/mol. The molecule has 26 heavy (non-hydrogen) atoms. The van der Waals surface area contributed by atoms with E-state index in [1.807, 2.05) is 36.4 Å². The summed E-state index contributed by atoms with van der Waals surface area (Å²) in [6, 6.07) is 15.1. The van der Waals surface area contributed by atoms with Crippen molar-refractivity contribution in [2.24, 2.45) is 0 Å². The summed E-state index contributed by atoms with van der Waals surface area (Å²) >= 11 is 5.69. The molecule has 0 spiro atoms. The van der Waals surface area contributed by atoms with Gasteiger partial charge in [0.25, 0.3) is 5.91 Å². The van der Waals surface area contributed by atoms with Gasteiger partial charge in [-0.3, -0.25) is 9.78 Å². The molecule has 132 valence electrons. The lowest BCUT2D eigenvalue weighted by atomic mass is 10.1. The molecule has 6 heteroatoms. The number of benzene rings is 2. The number of aromatic nitrogens is 1. The molecule has 2 aromatic carbocycles. The fourth-order valence-electron chi connectivity index (χ4n) is 2.30. The Labute approximate surface area is 155 Å². The average Bonchev–Trinajstić information content (AvgIpc) is 2.66. The lowest BCUT2D eigenvalue weighted by Gasteiger charge is -2.09. The van der Waals surface area contributed by atoms with Crippen molar-refractivity contribution in [1.29, 1.82) is 0 Å². The van der Waals surface area contributed by atoms with Crippen LogP contribution < -0.4 is 10.1 Å². The van der Waals surface area contributed by atoms with Crippen LogP contribution in [0.5, 0.6) is 5.75 Å². The number of pyridine rings is 1. The Kier molecular flexibility index (Phi) is 5.81. The van der Waals surface area contributed by atoms with Crippen molar-refractivity contribution in [1.82, 2.24) is 10.3 Å². The van der Waals surface area contributed by atoms with Crippen LogP contribution in [0.3, 0.4) is 0 Å². The van der Waals surface area contributed by atoms with Crippen LogP contribution >= 0.6 is 11.6 Å². The number of ether oxygens (including phenoxy) is 1. The van der Waals surface area contributed by atoms with Gasteiger partial charge in [-0.1, -0.05) is 29.8 Å². The molecule has 1 N–H and O–H groups in total. The predicted octanol–water partition coefficient (Wildman–Crippen LogP) is 4.38. The van der Waals surface area contributed by atoms with Crippen LogP contribution in [0.15, 0.2) is 67.0 Å². The van der Waals surface area contributed by atoms with Crippen LogP contribution in [0.25, 0.3) is 0 Å². The largest absolute Gasteiger partial charge is 0.489 e. The van der Waals surface area contributed by atoms with Crippen LogP contribution in [0.1, 0.15) is 21.5 Å². The highest BCUT2D eigenvalue weighted by atomic mass is 35.5. The van der Waals surface area contributed by atoms with E-state index in [0.29, 0.717) is 12.4 Å². The Hall–Kier alpha value is -2.92. The Bertz CT molecular complexity index is 886. The first-order valence-corrected chi connectivity index (χ1v) is 8.33. The van der Waals surface area contributed by atoms with Crippen LogP contribution in [-0.4, -0.2) is 10.9 Å². The molecule has 0 unspecified atom stereocenters. The summed E-state index contributed by atoms with van der Waals surface area (Å²) in [5.41, 5.74) is 1.82. The summed E-state index contributed by atoms with van der Waals surface area (Å²) in [5.74, 6) is -0.419. The molecule has 0 saturated heterocycles. The van der Waals surface area contributed by atoms with E-state index >= 15 is 0 Å². The monoisotopic (exact) mass is 370 g/mol. The molecule has 0 bridgehead atoms. The summed E-state index contributed by atoms with van der Waals surface area (Å²) in [6.07, 6.45) is 3.46. The highest BCUT2D eigenvalue weighted by molar-refractivity contribution is 6.30. The molecule has 0 atom stereocenters. The molecule has 0 saturated carbocycles. The fourth-order valence-corrected chi connectivity index (χ4v) is 2.46. The number of halogens is 2. The normalized spacial score (nSPS) is 10.4. The van der Waals surface area contributed by atoms with Gasteiger partial charge in [0.1, 0.15) is 18.2 Å². The molecule has 0 aliphatic heterocycles. The second kappa shape index (κ2) is 8.45. The van der Waals surface area contributed by atoms with Crippen molar-refractivity contribution < 1.29 is 13.9 Å². The number of hydrogen-bond acceptors (Lipinski definition) is 3. The molecule has 4 nitrogen and oxygen atoms in total. The zero-order chi connectivity index (χ0) is 18.4. The molecule has 0 radical (unpaired) electrons. The lowest BCUT2D eigenvalue weighted by Crippen LogP contribution is -2.23. The standard InChI is InChI=1S/C20H16ClFN2O2/c21-16-5-8-18(19(22)10-16)20(25)24-12-14-3-6-17(7-4-14)26-13-15-2-1-9-23-11-15/h1-11H,12-13H2,(H,24,25). The van der Waals surface area contributed by atoms with Gasteiger partial charge in [0.2, 0.25) is 0 Å². The van der Waals surface area contributed by atoms with Crippen molar-refractivity contribution in [3.05, 3.63) is 94.5 Å². The van der Waals surface area contributed by atoms with Crippen LogP contribution in [-0.2, 0) is 13.2 Å². The molecule has 0 aliphatic rings. The third-order valence-electron chi connectivity index (χ3n) is 3.68. The van der Waals surface area contributed by atoms with Crippen LogP contribution in [0, 0.1) is 5.82 Å². The third-order valence-corrected chi connectivity index (χ3v) is 3.92. The van der Waals surface area contributed by atoms with Crippen molar-refractivity contribution in [3.63, 3.8) is 0 Å². The minimum Gasteiger partial charge on any atom is -0.489 e. The van der Waals surface area contributed by atoms with Gasteiger partial charge in [0.05, 0.1) is 5.56 Å². The van der Waals surface area contributed by atoms with E-state index in [4.69, 9.17) is 16.3 Å². The van der Waals surface area contributed by atoms with Gasteiger partial charge in [0.15, 0.2) is 0 Å². The first-order chi connectivity index (χ1) is 12.6. The van der Waals surface area contributed by atoms with Gasteiger partial charge in [-0.2, -0.15) is 0 Å². The molecule has 1 heterocycles. The summed E-state index contributed by atoms with van der Waals surface area (Å²) in [7, 11) is 0. The first-order valence-electron chi connectivity index (χ1n) is 7.96. The minimum absolute atomic E-state index is 0.0363. The van der Waals surface area contributed by atoms with E-state index in [-0.39, 0.29) is 17.1 Å². The van der Waals surface area contributed by atoms with Crippen molar-refractivity contribution in [3.8, 4) is 5.75 Å². The number of nitrogens with zero attached hydrogens (tertiary/aromatic N) is 1. The quantitative estimate of drug-likeness (QED) is 0.700. The van der Waals surface area contributed by atoms with Crippen LogP contribution in [0.4, 0.5) is 4.39 Å². The SMILES string of the molecule is O=C(NCc1ccc(OCc2cccnc2)cc1)c1ccc(Cl)cc1F. The average molecular weight is 371 g/mol. The minimum atomic E-state index is -0.644. The maximum absolute atomic E-state index is 13.7. The molecule has 1 amide bonds. The second-order valence-electron chi connectivity index (χ2n) is 5.60. The van der Waals surface area contributed by atoms with Gasteiger partial charge in [0, 0.05) is 29.5 Å². The number of hydrogen-bond donors (Lipinski definition) is 1. The third kappa shape index (κ3) is 4.80. The van der Waals surface area contributed by atoms with Crippen LogP contribution in [0.2, 0.25) is 5.02 Å². The molecule has 3 aromatic rings. The molecule has 0 aliphatic carbocycles. The highest BCUT2D eigenvalue weighted by Gasteiger charge is 2.11. The number of carbonyl (C=O) groups excluding carboxylic acids is 1. The van der Waals surface area contributed by atoms with Gasteiger partial charge in [-0.25, -0.2) is 4.39 Å². The van der Waals surface area contributed by atoms with Gasteiger partial charge in [-0.05, 0) is 42.0 Å². The Morgan fingerprint density at radius 2 is 1.92 bits per heavy atom. The first kappa shape index (κ1) is 17.9. The molecular formula is C20H16ClFN2O2. The summed E-state index contributed by atoms with van der Waals surface area (Å²) < 4.78 is 19.4. The highest BCUT2D eigenvalue weighted by Crippen LogP contribution is 2.16. The zero-order valence-corrected chi connectivity index (χ0v) is 14.5. The lowest BCUT2D eigenvalue weighted by molar-refractivity contribution is 0.0947. The van der Waals surface area contributed by atoms with E-state index in [1.165, 1.54) is 12.1 Å². The number of carbonyl (C=O) groups is 1. The topological polar surface area (TPSA) is 51.2 Å². The Morgan fingerprint density at radius 1 is 1.12 bits per heavy atom. The summed E-state index contributed by atoms with van der Waals surface area (Å²) in [4.78, 5) is 16.1. The molecular weight excluding hydrogens is 355 g/mol. The zero-order valence-electron chi connectivity index (χ0n) is 13.8. The molecule has 1 aromatic heterocycles. The van der Waals surface area contributed by atoms with Gasteiger partial charge < -0.3 is 10.1 Å². The fraction of sp³-hybridized carbons (Fsp3) is 0.100. The smallest absolute Gasteiger partial charge is 0.254 e. The second-order valence-corrected chi connectivity index (χ2v) is 6.04. The van der Waals surface area contributed by atoms with Crippen molar-refractivity contribution in [2.45, 2.75) is 13.2 Å².